The van der Waals surface area contributed by atoms with Gasteiger partial charge in [-0.2, -0.15) is 0 Å². The van der Waals surface area contributed by atoms with Crippen LogP contribution in [-0.2, 0) is 0 Å². The summed E-state index contributed by atoms with van der Waals surface area (Å²) in [5.74, 6) is 0.397. The number of pyridine rings is 1. The molecule has 0 unspecified atom stereocenters. The van der Waals surface area contributed by atoms with Crippen LogP contribution < -0.4 is 10.1 Å². The zero-order valence-corrected chi connectivity index (χ0v) is 16.3. The molecule has 7 heteroatoms. The van der Waals surface area contributed by atoms with Gasteiger partial charge >= 0.3 is 0 Å². The number of nitrogens with zero attached hydrogens (tertiary/aromatic N) is 3. The highest BCUT2D eigenvalue weighted by Crippen LogP contribution is 2.19. The normalized spacial score (nSPS) is 10.7. The van der Waals surface area contributed by atoms with Crippen molar-refractivity contribution in [1.82, 2.24) is 14.3 Å². The lowest BCUT2D eigenvalue weighted by Crippen LogP contribution is -2.32. The Hall–Kier alpha value is -3.35. The zero-order valence-electron chi connectivity index (χ0n) is 16.3. The number of hydrogen-bond acceptors (Lipinski definition) is 4. The van der Waals surface area contributed by atoms with Gasteiger partial charge in [0.15, 0.2) is 5.69 Å². The monoisotopic (exact) mass is 380 g/mol. The van der Waals surface area contributed by atoms with E-state index in [1.807, 2.05) is 32.9 Å². The van der Waals surface area contributed by atoms with E-state index >= 15 is 0 Å². The number of benzene rings is 1. The topological polar surface area (TPSA) is 75.9 Å². The summed E-state index contributed by atoms with van der Waals surface area (Å²) in [7, 11) is 0. The van der Waals surface area contributed by atoms with E-state index in [9.17, 15) is 9.59 Å². The molecular weight excluding hydrogens is 356 g/mol. The van der Waals surface area contributed by atoms with E-state index in [2.05, 4.69) is 10.3 Å². The number of anilines is 1. The Labute approximate surface area is 163 Å². The summed E-state index contributed by atoms with van der Waals surface area (Å²) in [5.41, 5.74) is 1.42. The molecule has 28 heavy (non-hydrogen) atoms. The number of fused-ring (bicyclic) bond motifs is 1. The second-order valence-electron chi connectivity index (χ2n) is 6.13. The van der Waals surface area contributed by atoms with Crippen molar-refractivity contribution >= 4 is 23.0 Å². The lowest BCUT2D eigenvalue weighted by Gasteiger charge is -2.17. The van der Waals surface area contributed by atoms with Gasteiger partial charge in [0.05, 0.1) is 12.1 Å². The summed E-state index contributed by atoms with van der Waals surface area (Å²) < 4.78 is 7.07. The maximum atomic E-state index is 12.8. The number of carbonyl (C=O) groups excluding carboxylic acids is 2. The second-order valence-corrected chi connectivity index (χ2v) is 6.13. The van der Waals surface area contributed by atoms with E-state index in [0.717, 1.165) is 5.75 Å². The molecule has 0 bridgehead atoms. The number of rotatable bonds is 7. The summed E-state index contributed by atoms with van der Waals surface area (Å²) >= 11 is 0. The minimum absolute atomic E-state index is 0.202. The quantitative estimate of drug-likeness (QED) is 0.681. The Morgan fingerprint density at radius 1 is 1.07 bits per heavy atom. The van der Waals surface area contributed by atoms with Gasteiger partial charge in [0, 0.05) is 25.0 Å². The predicted molar refractivity (Wildman–Crippen MR) is 108 cm³/mol. The van der Waals surface area contributed by atoms with Crippen LogP contribution in [0.5, 0.6) is 5.75 Å². The first-order valence-corrected chi connectivity index (χ1v) is 9.39. The molecule has 0 spiro atoms. The molecule has 146 valence electrons. The standard InChI is InChI=1S/C21H24N4O3/c1-4-24(5-2)21(27)19-23-18(17-9-7-8-14-25(17)19)20(26)22-15-10-12-16(13-11-15)28-6-3/h7-14H,4-6H2,1-3H3,(H,22,26). The molecule has 3 aromatic rings. The minimum atomic E-state index is -0.369. The Kier molecular flexibility index (Phi) is 5.93. The van der Waals surface area contributed by atoms with Crippen molar-refractivity contribution in [2.24, 2.45) is 0 Å². The molecule has 0 saturated heterocycles. The number of ether oxygens (including phenoxy) is 1. The van der Waals surface area contributed by atoms with Gasteiger partial charge in [0.1, 0.15) is 5.75 Å². The van der Waals surface area contributed by atoms with Crippen molar-refractivity contribution in [3.05, 3.63) is 60.2 Å². The molecule has 7 nitrogen and oxygen atoms in total. The summed E-state index contributed by atoms with van der Waals surface area (Å²) in [6, 6.07) is 12.5. The van der Waals surface area contributed by atoms with Gasteiger partial charge in [-0.25, -0.2) is 4.98 Å². The van der Waals surface area contributed by atoms with Gasteiger partial charge in [0.25, 0.3) is 11.8 Å². The van der Waals surface area contributed by atoms with Gasteiger partial charge < -0.3 is 15.0 Å². The highest BCUT2D eigenvalue weighted by molar-refractivity contribution is 6.08. The fourth-order valence-electron chi connectivity index (χ4n) is 3.00. The molecule has 0 aliphatic rings. The molecule has 0 fully saturated rings. The van der Waals surface area contributed by atoms with Crippen LogP contribution in [-0.4, -0.2) is 45.8 Å². The second kappa shape index (κ2) is 8.56. The zero-order chi connectivity index (χ0) is 20.1. The molecular formula is C21H24N4O3. The third-order valence-corrected chi connectivity index (χ3v) is 4.43. The molecule has 0 saturated carbocycles. The third-order valence-electron chi connectivity index (χ3n) is 4.43. The fourth-order valence-corrected chi connectivity index (χ4v) is 3.00. The van der Waals surface area contributed by atoms with Gasteiger partial charge in [-0.1, -0.05) is 6.07 Å². The lowest BCUT2D eigenvalue weighted by molar-refractivity contribution is 0.0760. The van der Waals surface area contributed by atoms with Crippen LogP contribution in [0.15, 0.2) is 48.7 Å². The van der Waals surface area contributed by atoms with Crippen molar-refractivity contribution in [2.75, 3.05) is 25.0 Å². The van der Waals surface area contributed by atoms with Gasteiger partial charge in [0.2, 0.25) is 5.82 Å². The number of aromatic nitrogens is 2. The van der Waals surface area contributed by atoms with Gasteiger partial charge in [-0.05, 0) is 57.2 Å². The molecule has 0 atom stereocenters. The molecule has 2 amide bonds. The van der Waals surface area contributed by atoms with Gasteiger partial charge in [-0.3, -0.25) is 14.0 Å². The first-order chi connectivity index (χ1) is 13.6. The first-order valence-electron chi connectivity index (χ1n) is 9.39. The van der Waals surface area contributed by atoms with E-state index in [4.69, 9.17) is 4.74 Å². The van der Waals surface area contributed by atoms with Crippen molar-refractivity contribution in [3.63, 3.8) is 0 Å². The average Bonchev–Trinajstić information content (AvgIpc) is 3.10. The van der Waals surface area contributed by atoms with Crippen LogP contribution in [0.1, 0.15) is 41.9 Å². The number of imidazole rings is 1. The van der Waals surface area contributed by atoms with Crippen molar-refractivity contribution in [1.29, 1.82) is 0 Å². The molecule has 3 rings (SSSR count). The van der Waals surface area contributed by atoms with Gasteiger partial charge in [-0.15, -0.1) is 0 Å². The van der Waals surface area contributed by atoms with E-state index in [-0.39, 0.29) is 23.3 Å². The van der Waals surface area contributed by atoms with Crippen LogP contribution >= 0.6 is 0 Å². The van der Waals surface area contributed by atoms with E-state index in [1.54, 1.807) is 45.8 Å². The highest BCUT2D eigenvalue weighted by Gasteiger charge is 2.24. The van der Waals surface area contributed by atoms with E-state index < -0.39 is 0 Å². The minimum Gasteiger partial charge on any atom is -0.494 e. The molecule has 2 aromatic heterocycles. The molecule has 0 aliphatic carbocycles. The number of hydrogen-bond donors (Lipinski definition) is 1. The largest absolute Gasteiger partial charge is 0.494 e. The van der Waals surface area contributed by atoms with Crippen LogP contribution in [0, 0.1) is 0 Å². The first kappa shape index (κ1) is 19.4. The number of amides is 2. The highest BCUT2D eigenvalue weighted by atomic mass is 16.5. The summed E-state index contributed by atoms with van der Waals surface area (Å²) in [5, 5.41) is 2.83. The number of carbonyl (C=O) groups is 2. The van der Waals surface area contributed by atoms with Crippen LogP contribution in [0.3, 0.4) is 0 Å². The molecule has 1 N–H and O–H groups in total. The summed E-state index contributed by atoms with van der Waals surface area (Å²) in [6.45, 7) is 7.47. The van der Waals surface area contributed by atoms with Crippen molar-refractivity contribution in [2.45, 2.75) is 20.8 Å². The number of nitrogens with one attached hydrogen (secondary N) is 1. The van der Waals surface area contributed by atoms with Crippen molar-refractivity contribution < 1.29 is 14.3 Å². The smallest absolute Gasteiger partial charge is 0.290 e. The predicted octanol–water partition coefficient (Wildman–Crippen LogP) is 3.47. The fraction of sp³-hybridized carbons (Fsp3) is 0.286. The SMILES string of the molecule is CCOc1ccc(NC(=O)c2nc(C(=O)N(CC)CC)n3ccccc23)cc1. The molecule has 2 heterocycles. The Morgan fingerprint density at radius 2 is 1.79 bits per heavy atom. The van der Waals surface area contributed by atoms with Crippen LogP contribution in [0.2, 0.25) is 0 Å². The van der Waals surface area contributed by atoms with E-state index in [0.29, 0.717) is 30.9 Å². The molecule has 0 radical (unpaired) electrons. The third kappa shape index (κ3) is 3.83. The van der Waals surface area contributed by atoms with Crippen LogP contribution in [0.4, 0.5) is 5.69 Å². The Balaban J connectivity index is 1.92. The lowest BCUT2D eigenvalue weighted by atomic mass is 10.2. The maximum Gasteiger partial charge on any atom is 0.290 e. The summed E-state index contributed by atoms with van der Waals surface area (Å²) in [4.78, 5) is 31.7. The van der Waals surface area contributed by atoms with Crippen LogP contribution in [0.25, 0.3) is 5.52 Å². The maximum absolute atomic E-state index is 12.8. The van der Waals surface area contributed by atoms with E-state index in [1.165, 1.54) is 0 Å². The molecule has 0 aliphatic heterocycles. The summed E-state index contributed by atoms with van der Waals surface area (Å²) in [6.07, 6.45) is 1.74. The Morgan fingerprint density at radius 3 is 2.43 bits per heavy atom. The molecule has 1 aromatic carbocycles. The average molecular weight is 380 g/mol. The van der Waals surface area contributed by atoms with Crippen molar-refractivity contribution in [3.8, 4) is 5.75 Å². The Bertz CT molecular complexity index is 975.